The molecule has 0 spiro atoms. The number of amides is 1. The van der Waals surface area contributed by atoms with Crippen LogP contribution in [0.2, 0.25) is 0 Å². The van der Waals surface area contributed by atoms with Gasteiger partial charge in [-0.3, -0.25) is 15.1 Å². The van der Waals surface area contributed by atoms with Crippen LogP contribution in [0.5, 0.6) is 17.2 Å². The highest BCUT2D eigenvalue weighted by atomic mass is 19.1. The van der Waals surface area contributed by atoms with E-state index in [0.29, 0.717) is 31.5 Å². The topological polar surface area (TPSA) is 127 Å². The van der Waals surface area contributed by atoms with E-state index in [-0.39, 0.29) is 46.0 Å². The number of carbonyl (C=O) groups is 1. The van der Waals surface area contributed by atoms with Crippen molar-refractivity contribution in [2.24, 2.45) is 11.7 Å². The van der Waals surface area contributed by atoms with Crippen molar-refractivity contribution in [2.45, 2.75) is 25.6 Å². The van der Waals surface area contributed by atoms with Crippen molar-refractivity contribution in [1.29, 1.82) is 5.41 Å². The van der Waals surface area contributed by atoms with Gasteiger partial charge < -0.3 is 25.2 Å². The van der Waals surface area contributed by atoms with Gasteiger partial charge in [-0.2, -0.15) is 0 Å². The summed E-state index contributed by atoms with van der Waals surface area (Å²) in [4.78, 5) is 16.3. The number of allylic oxidation sites excluding steroid dienone is 2. The first-order valence-corrected chi connectivity index (χ1v) is 14.9. The molecule has 242 valence electrons. The van der Waals surface area contributed by atoms with E-state index in [4.69, 9.17) is 20.6 Å². The molecule has 0 saturated carbocycles. The average molecular weight is 633 g/mol. The molecule has 2 aliphatic rings. The number of aromatic hydroxyl groups is 1. The predicted octanol–water partition coefficient (Wildman–Crippen LogP) is 4.89. The van der Waals surface area contributed by atoms with Crippen molar-refractivity contribution in [2.75, 3.05) is 34.2 Å². The van der Waals surface area contributed by atoms with Crippen LogP contribution in [0, 0.1) is 11.3 Å². The summed E-state index contributed by atoms with van der Waals surface area (Å²) in [5.74, 6) is -3.53. The predicted molar refractivity (Wildman–Crippen MR) is 170 cm³/mol. The highest BCUT2D eigenvalue weighted by Crippen LogP contribution is 2.43. The molecule has 1 atom stereocenters. The van der Waals surface area contributed by atoms with Crippen molar-refractivity contribution in [3.05, 3.63) is 113 Å². The molecule has 10 nitrogen and oxygen atoms in total. The maximum atomic E-state index is 16.6. The molecule has 3 aromatic carbocycles. The fourth-order valence-corrected chi connectivity index (χ4v) is 5.65. The van der Waals surface area contributed by atoms with Gasteiger partial charge in [-0.1, -0.05) is 36.4 Å². The van der Waals surface area contributed by atoms with Crippen molar-refractivity contribution >= 4 is 11.7 Å². The number of ether oxygens (including phenoxy) is 2. The summed E-state index contributed by atoms with van der Waals surface area (Å²) in [6, 6.07) is 20.3. The van der Waals surface area contributed by atoms with E-state index in [1.54, 1.807) is 32.3 Å². The van der Waals surface area contributed by atoms with Gasteiger partial charge in [-0.05, 0) is 73.8 Å². The first-order chi connectivity index (χ1) is 22.1. The molecule has 1 amide bonds. The normalized spacial score (nSPS) is 17.7. The summed E-state index contributed by atoms with van der Waals surface area (Å²) in [5, 5.41) is 19.4. The number of rotatable bonds is 10. The minimum atomic E-state index is -1.60. The number of nitrogens with zero attached hydrogens (tertiary/aromatic N) is 3. The van der Waals surface area contributed by atoms with Gasteiger partial charge in [0.25, 0.3) is 11.8 Å². The summed E-state index contributed by atoms with van der Waals surface area (Å²) in [6.07, 6.45) is -0.627. The first-order valence-electron chi connectivity index (χ1n) is 14.9. The van der Waals surface area contributed by atoms with E-state index in [9.17, 15) is 9.90 Å². The molecule has 12 heteroatoms. The Morgan fingerprint density at radius 3 is 2.41 bits per heavy atom. The van der Waals surface area contributed by atoms with Crippen molar-refractivity contribution in [3.63, 3.8) is 0 Å². The Morgan fingerprint density at radius 2 is 1.76 bits per heavy atom. The van der Waals surface area contributed by atoms with E-state index in [1.165, 1.54) is 36.2 Å². The third-order valence-corrected chi connectivity index (χ3v) is 8.05. The Morgan fingerprint density at radius 1 is 1.04 bits per heavy atom. The molecule has 1 unspecified atom stereocenters. The second-order valence-electron chi connectivity index (χ2n) is 11.4. The lowest BCUT2D eigenvalue weighted by molar-refractivity contribution is -0.0109. The van der Waals surface area contributed by atoms with Crippen LogP contribution in [0.25, 0.3) is 0 Å². The Labute approximate surface area is 266 Å². The molecular formula is C34H38F2N6O4. The number of halogens is 2. The number of phenolic OH excluding ortho intramolecular Hbond substituents is 1. The number of phenols is 1. The number of nitrogen functional groups attached to an aromatic ring is 1. The highest BCUT2D eigenvalue weighted by Gasteiger charge is 2.43. The van der Waals surface area contributed by atoms with Crippen LogP contribution in [0.4, 0.5) is 8.78 Å². The molecule has 0 radical (unpaired) electrons. The zero-order valence-corrected chi connectivity index (χ0v) is 26.0. The Bertz CT molecular complexity index is 1650. The Kier molecular flexibility index (Phi) is 9.88. The van der Waals surface area contributed by atoms with Crippen LogP contribution in [-0.2, 0) is 6.54 Å². The quantitative estimate of drug-likeness (QED) is 0.184. The molecule has 5 N–H and O–H groups in total. The highest BCUT2D eigenvalue weighted by molar-refractivity contribution is 5.95. The van der Waals surface area contributed by atoms with Crippen LogP contribution in [0.3, 0.4) is 0 Å². The lowest BCUT2D eigenvalue weighted by Crippen LogP contribution is -2.51. The van der Waals surface area contributed by atoms with Gasteiger partial charge >= 0.3 is 0 Å². The van der Waals surface area contributed by atoms with Gasteiger partial charge in [-0.25, -0.2) is 19.2 Å². The van der Waals surface area contributed by atoms with E-state index < -0.39 is 23.8 Å². The smallest absolute Gasteiger partial charge is 0.253 e. The molecule has 5 rings (SSSR count). The van der Waals surface area contributed by atoms with Gasteiger partial charge in [-0.15, -0.1) is 0 Å². The molecular weight excluding hydrogens is 594 g/mol. The molecule has 1 saturated heterocycles. The van der Waals surface area contributed by atoms with Crippen LogP contribution >= 0.6 is 0 Å². The average Bonchev–Trinajstić information content (AvgIpc) is 3.05. The van der Waals surface area contributed by atoms with Crippen LogP contribution < -0.4 is 20.6 Å². The molecule has 2 heterocycles. The minimum absolute atomic E-state index is 0.151. The molecule has 0 aliphatic carbocycles. The van der Waals surface area contributed by atoms with Gasteiger partial charge in [0.1, 0.15) is 11.6 Å². The monoisotopic (exact) mass is 632 g/mol. The first kappa shape index (κ1) is 32.5. The molecule has 0 bridgehead atoms. The van der Waals surface area contributed by atoms with E-state index >= 15 is 8.78 Å². The molecule has 46 heavy (non-hydrogen) atoms. The SMILES string of the molecule is CNN1C(Oc2cccc(C(=O)N(C)C)c2)=C(F)C(C2CCN(Cc3ccccc3)CC2)=C(F)C1Oc1cc(C(=N)N)ccc1O. The van der Waals surface area contributed by atoms with Gasteiger partial charge in [0.2, 0.25) is 6.23 Å². The van der Waals surface area contributed by atoms with Crippen LogP contribution in [0.1, 0.15) is 34.3 Å². The zero-order chi connectivity index (χ0) is 33.0. The summed E-state index contributed by atoms with van der Waals surface area (Å²) < 4.78 is 45.3. The van der Waals surface area contributed by atoms with Gasteiger partial charge in [0.05, 0.1) is 0 Å². The molecule has 2 aliphatic heterocycles. The third-order valence-electron chi connectivity index (χ3n) is 8.05. The lowest BCUT2D eigenvalue weighted by atomic mass is 9.86. The molecule has 1 fully saturated rings. The number of nitrogens with one attached hydrogen (secondary N) is 2. The van der Waals surface area contributed by atoms with Gasteiger partial charge in [0, 0.05) is 44.4 Å². The maximum Gasteiger partial charge on any atom is 0.253 e. The van der Waals surface area contributed by atoms with Crippen molar-refractivity contribution < 1.29 is 28.2 Å². The number of likely N-dealkylation sites (tertiary alicyclic amines) is 1. The largest absolute Gasteiger partial charge is 0.504 e. The summed E-state index contributed by atoms with van der Waals surface area (Å²) in [7, 11) is 4.68. The second kappa shape index (κ2) is 14.0. The number of hydrogen-bond acceptors (Lipinski definition) is 8. The summed E-state index contributed by atoms with van der Waals surface area (Å²) >= 11 is 0. The van der Waals surface area contributed by atoms with Crippen LogP contribution in [-0.4, -0.2) is 72.1 Å². The zero-order valence-electron chi connectivity index (χ0n) is 26.0. The lowest BCUT2D eigenvalue weighted by Gasteiger charge is -2.39. The van der Waals surface area contributed by atoms with E-state index in [0.717, 1.165) is 17.1 Å². The second-order valence-corrected chi connectivity index (χ2v) is 11.4. The number of carbonyl (C=O) groups excluding carboxylic acids is 1. The number of hydrazine groups is 1. The standard InChI is InChI=1S/C34H38F2N6O4/c1-39-42-33(45-25-11-7-10-24(18-25)32(44)40(2)3)29(35)28(22-14-16-41(17-15-22)20-21-8-5-4-6-9-21)30(36)34(42)46-27-19-23(31(37)38)12-13-26(27)43/h4-13,18-19,22,34,39,43H,14-17,20H2,1-3H3,(H3,37,38). The fourth-order valence-electron chi connectivity index (χ4n) is 5.65. The minimum Gasteiger partial charge on any atom is -0.504 e. The maximum absolute atomic E-state index is 16.6. The number of piperidine rings is 1. The summed E-state index contributed by atoms with van der Waals surface area (Å²) in [5.41, 5.74) is 9.94. The Balaban J connectivity index is 1.51. The summed E-state index contributed by atoms with van der Waals surface area (Å²) in [6.45, 7) is 1.98. The van der Waals surface area contributed by atoms with E-state index in [2.05, 4.69) is 10.3 Å². The molecule has 0 aromatic heterocycles. The molecule has 3 aromatic rings. The Hall–Kier alpha value is -4.94. The van der Waals surface area contributed by atoms with Gasteiger partial charge in [0.15, 0.2) is 23.2 Å². The number of nitrogens with two attached hydrogens (primary N) is 1. The number of hydrogen-bond donors (Lipinski definition) is 4. The third kappa shape index (κ3) is 6.98. The van der Waals surface area contributed by atoms with Crippen molar-refractivity contribution in [3.8, 4) is 17.2 Å². The number of amidine groups is 1. The fraction of sp³-hybridized carbons (Fsp3) is 0.294. The number of benzene rings is 3. The van der Waals surface area contributed by atoms with Crippen molar-refractivity contribution in [1.82, 2.24) is 20.2 Å². The van der Waals surface area contributed by atoms with E-state index in [1.807, 2.05) is 30.3 Å². The van der Waals surface area contributed by atoms with Crippen LogP contribution in [0.15, 0.2) is 95.9 Å².